The molecule has 1 aromatic rings. The highest BCUT2D eigenvalue weighted by molar-refractivity contribution is 5.18. The Labute approximate surface area is 100 Å². The van der Waals surface area contributed by atoms with Gasteiger partial charge in [0.1, 0.15) is 11.6 Å². The van der Waals surface area contributed by atoms with E-state index in [1.807, 2.05) is 0 Å². The molecule has 0 bridgehead atoms. The summed E-state index contributed by atoms with van der Waals surface area (Å²) in [6.07, 6.45) is 5.39. The Morgan fingerprint density at radius 3 is 2.29 bits per heavy atom. The number of benzene rings is 1. The Kier molecular flexibility index (Phi) is 2.66. The lowest BCUT2D eigenvalue weighted by Gasteiger charge is -2.15. The normalized spacial score (nSPS) is 21.5. The van der Waals surface area contributed by atoms with Gasteiger partial charge in [-0.3, -0.25) is 0 Å². The molecule has 0 spiro atoms. The van der Waals surface area contributed by atoms with Crippen molar-refractivity contribution in [1.29, 1.82) is 0 Å². The maximum atomic E-state index is 13.0. The molecular formula is C14H17F2N. The van der Waals surface area contributed by atoms with Gasteiger partial charge in [-0.1, -0.05) is 0 Å². The summed E-state index contributed by atoms with van der Waals surface area (Å²) in [6.45, 7) is 1.55. The molecule has 3 rings (SSSR count). The average Bonchev–Trinajstić information content (AvgIpc) is 3.11. The summed E-state index contributed by atoms with van der Waals surface area (Å²) in [5.74, 6) is -0.0745. The topological polar surface area (TPSA) is 12.0 Å². The molecule has 1 nitrogen and oxygen atoms in total. The van der Waals surface area contributed by atoms with Crippen molar-refractivity contribution in [1.82, 2.24) is 5.32 Å². The van der Waals surface area contributed by atoms with E-state index in [0.29, 0.717) is 17.5 Å². The highest BCUT2D eigenvalue weighted by atomic mass is 19.1. The molecule has 1 aromatic carbocycles. The fourth-order valence-electron chi connectivity index (χ4n) is 2.75. The first-order valence-electron chi connectivity index (χ1n) is 6.34. The van der Waals surface area contributed by atoms with Crippen LogP contribution in [0.25, 0.3) is 0 Å². The Hall–Kier alpha value is -0.960. The smallest absolute Gasteiger partial charge is 0.126 e. The first-order valence-corrected chi connectivity index (χ1v) is 6.34. The molecule has 2 aliphatic carbocycles. The second-order valence-electron chi connectivity index (χ2n) is 5.52. The summed E-state index contributed by atoms with van der Waals surface area (Å²) in [4.78, 5) is 0. The fraction of sp³-hybridized carbons (Fsp3) is 0.571. The third-order valence-electron chi connectivity index (χ3n) is 4.06. The molecule has 2 saturated carbocycles. The number of hydrogen-bond donors (Lipinski definition) is 1. The fourth-order valence-corrected chi connectivity index (χ4v) is 2.75. The maximum absolute atomic E-state index is 13.0. The molecule has 2 aliphatic rings. The van der Waals surface area contributed by atoms with Crippen molar-refractivity contribution in [3.05, 3.63) is 35.4 Å². The van der Waals surface area contributed by atoms with Gasteiger partial charge < -0.3 is 5.32 Å². The van der Waals surface area contributed by atoms with Crippen molar-refractivity contribution < 1.29 is 8.78 Å². The molecule has 2 fully saturated rings. The molecule has 0 saturated heterocycles. The van der Waals surface area contributed by atoms with Gasteiger partial charge in [-0.25, -0.2) is 8.78 Å². The van der Waals surface area contributed by atoms with Gasteiger partial charge in [-0.05, 0) is 54.7 Å². The minimum Gasteiger partial charge on any atom is -0.312 e. The molecular weight excluding hydrogens is 220 g/mol. The molecule has 0 radical (unpaired) electrons. The van der Waals surface area contributed by atoms with Gasteiger partial charge >= 0.3 is 0 Å². The largest absolute Gasteiger partial charge is 0.312 e. The van der Waals surface area contributed by atoms with E-state index in [2.05, 4.69) is 5.32 Å². The van der Waals surface area contributed by atoms with E-state index >= 15 is 0 Å². The van der Waals surface area contributed by atoms with Crippen LogP contribution in [0, 0.1) is 23.0 Å². The van der Waals surface area contributed by atoms with E-state index in [0.717, 1.165) is 18.5 Å². The first kappa shape index (κ1) is 11.1. The molecule has 17 heavy (non-hydrogen) atoms. The molecule has 1 N–H and O–H groups in total. The van der Waals surface area contributed by atoms with Gasteiger partial charge in [-0.2, -0.15) is 0 Å². The van der Waals surface area contributed by atoms with Crippen LogP contribution in [-0.2, 0) is 6.54 Å². The number of hydrogen-bond acceptors (Lipinski definition) is 1. The van der Waals surface area contributed by atoms with Gasteiger partial charge in [0, 0.05) is 19.2 Å². The third-order valence-corrected chi connectivity index (χ3v) is 4.06. The van der Waals surface area contributed by atoms with Crippen LogP contribution in [0.2, 0.25) is 0 Å². The first-order chi connectivity index (χ1) is 8.18. The van der Waals surface area contributed by atoms with Gasteiger partial charge in [0.15, 0.2) is 0 Å². The lowest BCUT2D eigenvalue weighted by Crippen LogP contribution is -2.25. The van der Waals surface area contributed by atoms with Crippen LogP contribution in [0.3, 0.4) is 0 Å². The van der Waals surface area contributed by atoms with Crippen molar-refractivity contribution in [2.24, 2.45) is 11.3 Å². The lowest BCUT2D eigenvalue weighted by atomic mass is 10.0. The zero-order valence-electron chi connectivity index (χ0n) is 9.81. The predicted octanol–water partition coefficient (Wildman–Crippen LogP) is 3.24. The van der Waals surface area contributed by atoms with Crippen LogP contribution in [0.5, 0.6) is 0 Å². The van der Waals surface area contributed by atoms with Crippen molar-refractivity contribution in [3.8, 4) is 0 Å². The Balaban J connectivity index is 1.53. The van der Waals surface area contributed by atoms with Gasteiger partial charge in [0.25, 0.3) is 0 Å². The van der Waals surface area contributed by atoms with Crippen LogP contribution in [0.1, 0.15) is 31.2 Å². The predicted molar refractivity (Wildman–Crippen MR) is 62.5 cm³/mol. The van der Waals surface area contributed by atoms with E-state index in [4.69, 9.17) is 0 Å². The van der Waals surface area contributed by atoms with Crippen LogP contribution in [0.4, 0.5) is 8.78 Å². The van der Waals surface area contributed by atoms with Crippen molar-refractivity contribution in [2.45, 2.75) is 32.2 Å². The minimum atomic E-state index is -0.495. The highest BCUT2D eigenvalue weighted by Gasteiger charge is 2.53. The summed E-state index contributed by atoms with van der Waals surface area (Å²) in [6, 6.07) is 3.70. The molecule has 3 heteroatoms. The van der Waals surface area contributed by atoms with E-state index < -0.39 is 11.6 Å². The highest BCUT2D eigenvalue weighted by Crippen LogP contribution is 2.60. The summed E-state index contributed by atoms with van der Waals surface area (Å²) in [5.41, 5.74) is 1.22. The molecule has 0 aromatic heterocycles. The number of rotatable bonds is 5. The number of nitrogens with one attached hydrogen (secondary N) is 1. The van der Waals surface area contributed by atoms with Crippen LogP contribution >= 0.6 is 0 Å². The van der Waals surface area contributed by atoms with E-state index in [1.165, 1.54) is 37.8 Å². The second-order valence-corrected chi connectivity index (χ2v) is 5.52. The van der Waals surface area contributed by atoms with Crippen LogP contribution in [0.15, 0.2) is 18.2 Å². The average molecular weight is 237 g/mol. The van der Waals surface area contributed by atoms with Crippen molar-refractivity contribution in [2.75, 3.05) is 6.54 Å². The summed E-state index contributed by atoms with van der Waals surface area (Å²) < 4.78 is 25.9. The zero-order chi connectivity index (χ0) is 11.9. The maximum Gasteiger partial charge on any atom is 0.126 e. The van der Waals surface area contributed by atoms with E-state index in [1.54, 1.807) is 0 Å². The Bertz CT molecular complexity index is 402. The monoisotopic (exact) mass is 237 g/mol. The molecule has 0 amide bonds. The number of halogens is 2. The molecule has 0 aliphatic heterocycles. The van der Waals surface area contributed by atoms with Gasteiger partial charge in [0.2, 0.25) is 0 Å². The van der Waals surface area contributed by atoms with Crippen LogP contribution in [-0.4, -0.2) is 6.54 Å². The Morgan fingerprint density at radius 1 is 1.12 bits per heavy atom. The molecule has 0 atom stereocenters. The molecule has 0 unspecified atom stereocenters. The van der Waals surface area contributed by atoms with E-state index in [9.17, 15) is 8.78 Å². The third kappa shape index (κ3) is 2.49. The van der Waals surface area contributed by atoms with Gasteiger partial charge in [0.05, 0.1) is 0 Å². The van der Waals surface area contributed by atoms with Gasteiger partial charge in [-0.15, -0.1) is 0 Å². The summed E-state index contributed by atoms with van der Waals surface area (Å²) >= 11 is 0. The molecule has 0 heterocycles. The quantitative estimate of drug-likeness (QED) is 0.829. The van der Waals surface area contributed by atoms with Crippen molar-refractivity contribution in [3.63, 3.8) is 0 Å². The standard InChI is InChI=1S/C14H17F2N/c15-12-5-10(6-13(16)7-12)8-17-9-14(3-4-14)11-1-2-11/h5-7,11,17H,1-4,8-9H2. The Morgan fingerprint density at radius 2 is 1.76 bits per heavy atom. The summed E-state index contributed by atoms with van der Waals surface area (Å²) in [7, 11) is 0. The molecule has 92 valence electrons. The zero-order valence-corrected chi connectivity index (χ0v) is 9.81. The SMILES string of the molecule is Fc1cc(F)cc(CNCC2(C3CC3)CC2)c1. The van der Waals surface area contributed by atoms with E-state index in [-0.39, 0.29) is 0 Å². The second kappa shape index (κ2) is 4.05. The van der Waals surface area contributed by atoms with Crippen LogP contribution < -0.4 is 5.32 Å². The lowest BCUT2D eigenvalue weighted by molar-refractivity contribution is 0.403. The minimum absolute atomic E-state index is 0.495. The summed E-state index contributed by atoms with van der Waals surface area (Å²) in [5, 5.41) is 3.35. The van der Waals surface area contributed by atoms with Crippen molar-refractivity contribution >= 4 is 0 Å².